The number of aliphatic hydroxyl groups is 4. The molecule has 15 nitrogen and oxygen atoms in total. The van der Waals surface area contributed by atoms with Crippen molar-refractivity contribution in [3.05, 3.63) is 23.8 Å². The van der Waals surface area contributed by atoms with E-state index in [4.69, 9.17) is 33.2 Å². The molecule has 0 radical (unpaired) electrons. The van der Waals surface area contributed by atoms with Gasteiger partial charge in [-0.3, -0.25) is 9.59 Å². The number of nitrogens with zero attached hydrogens (tertiary/aromatic N) is 1. The molecule has 18 atom stereocenters. The SMILES string of the molecule is CC[C@H]1OC(=O)[C@@H](C)[C@@H](O)[C@H](C)[C@@H](O[C@@H]2O[C@H](C)[C@@H](O)[C@H](N(C)C)[C@H]2O)[C@@H](CC=O)C[C@@H](C)C(=O)/C=C/C(C)=C/[C@@H]1CO[C@@H]1O[C@H](C)[C@@H](O)[C@@H](OC)[C@H]1OC. The van der Waals surface area contributed by atoms with Gasteiger partial charge >= 0.3 is 5.97 Å². The van der Waals surface area contributed by atoms with Crippen molar-refractivity contribution in [3.8, 4) is 0 Å². The van der Waals surface area contributed by atoms with E-state index in [1.165, 1.54) is 20.3 Å². The first-order valence-electron chi connectivity index (χ1n) is 19.5. The molecule has 3 heterocycles. The maximum atomic E-state index is 13.9. The Hall–Kier alpha value is -2.15. The van der Waals surface area contributed by atoms with Gasteiger partial charge in [-0.15, -0.1) is 0 Å². The molecule has 0 saturated carbocycles. The molecule has 0 aromatic rings. The largest absolute Gasteiger partial charge is 0.461 e. The van der Waals surface area contributed by atoms with E-state index >= 15 is 0 Å². The number of carbonyl (C=O) groups is 3. The van der Waals surface area contributed by atoms with Crippen molar-refractivity contribution in [3.63, 3.8) is 0 Å². The quantitative estimate of drug-likeness (QED) is 0.175. The molecular formula is C40H67NO14. The van der Waals surface area contributed by atoms with Gasteiger partial charge in [0.1, 0.15) is 36.8 Å². The Morgan fingerprint density at radius 3 is 2.05 bits per heavy atom. The van der Waals surface area contributed by atoms with E-state index in [2.05, 4.69) is 0 Å². The summed E-state index contributed by atoms with van der Waals surface area (Å²) in [6.07, 6.45) is -5.07. The lowest BCUT2D eigenvalue weighted by Gasteiger charge is -2.46. The first kappa shape index (κ1) is 47.2. The van der Waals surface area contributed by atoms with Crippen molar-refractivity contribution in [2.24, 2.45) is 29.6 Å². The van der Waals surface area contributed by atoms with Gasteiger partial charge in [-0.25, -0.2) is 0 Å². The molecule has 0 bridgehead atoms. The number of ether oxygens (including phenoxy) is 7. The highest BCUT2D eigenvalue weighted by atomic mass is 16.7. The van der Waals surface area contributed by atoms with Crippen LogP contribution < -0.4 is 0 Å². The number of aldehydes is 1. The van der Waals surface area contributed by atoms with Crippen LogP contribution in [0.4, 0.5) is 0 Å². The molecule has 3 rings (SSSR count). The van der Waals surface area contributed by atoms with Gasteiger partial charge in [0.05, 0.1) is 49.1 Å². The minimum absolute atomic E-state index is 0.00644. The molecule has 3 aliphatic heterocycles. The molecule has 4 N–H and O–H groups in total. The Morgan fingerprint density at radius 1 is 0.855 bits per heavy atom. The van der Waals surface area contributed by atoms with Crippen molar-refractivity contribution in [1.82, 2.24) is 4.90 Å². The van der Waals surface area contributed by atoms with E-state index in [-0.39, 0.29) is 25.2 Å². The lowest BCUT2D eigenvalue weighted by atomic mass is 9.78. The number of carbonyl (C=O) groups excluding carboxylic acids is 3. The Balaban J connectivity index is 2.00. The van der Waals surface area contributed by atoms with Crippen molar-refractivity contribution in [2.45, 2.75) is 147 Å². The second kappa shape index (κ2) is 21.6. The van der Waals surface area contributed by atoms with Crippen LogP contribution in [0.1, 0.15) is 67.7 Å². The van der Waals surface area contributed by atoms with Crippen LogP contribution in [0.2, 0.25) is 0 Å². The number of hydrogen-bond donors (Lipinski definition) is 4. The van der Waals surface area contributed by atoms with Crippen LogP contribution in [0, 0.1) is 29.6 Å². The van der Waals surface area contributed by atoms with Gasteiger partial charge in [-0.2, -0.15) is 0 Å². The molecule has 316 valence electrons. The highest BCUT2D eigenvalue weighted by molar-refractivity contribution is 5.91. The van der Waals surface area contributed by atoms with Crippen LogP contribution >= 0.6 is 0 Å². The maximum Gasteiger partial charge on any atom is 0.311 e. The predicted molar refractivity (Wildman–Crippen MR) is 200 cm³/mol. The molecule has 2 saturated heterocycles. The van der Waals surface area contributed by atoms with Crippen LogP contribution in [0.15, 0.2) is 23.8 Å². The van der Waals surface area contributed by atoms with Crippen LogP contribution in [0.5, 0.6) is 0 Å². The fourth-order valence-corrected chi connectivity index (χ4v) is 8.01. The minimum Gasteiger partial charge on any atom is -0.461 e. The third kappa shape index (κ3) is 11.7. The van der Waals surface area contributed by atoms with Crippen molar-refractivity contribution >= 4 is 18.0 Å². The molecule has 0 spiro atoms. The smallest absolute Gasteiger partial charge is 0.311 e. The van der Waals surface area contributed by atoms with E-state index in [0.717, 1.165) is 6.29 Å². The predicted octanol–water partition coefficient (Wildman–Crippen LogP) is 1.81. The third-order valence-electron chi connectivity index (χ3n) is 11.5. The van der Waals surface area contributed by atoms with Crippen LogP contribution in [0.3, 0.4) is 0 Å². The normalized spacial score (nSPS) is 44.4. The van der Waals surface area contributed by atoms with Gasteiger partial charge in [0.2, 0.25) is 0 Å². The molecule has 0 aromatic heterocycles. The summed E-state index contributed by atoms with van der Waals surface area (Å²) in [6.45, 7) is 12.0. The lowest BCUT2D eigenvalue weighted by Crippen LogP contribution is -2.63. The fourth-order valence-electron chi connectivity index (χ4n) is 8.01. The van der Waals surface area contributed by atoms with Gasteiger partial charge in [-0.05, 0) is 66.6 Å². The molecule has 55 heavy (non-hydrogen) atoms. The van der Waals surface area contributed by atoms with Gasteiger partial charge in [0.25, 0.3) is 0 Å². The summed E-state index contributed by atoms with van der Waals surface area (Å²) in [6, 6.07) is -0.745. The maximum absolute atomic E-state index is 13.9. The Bertz CT molecular complexity index is 1290. The number of rotatable bonds is 11. The molecule has 15 heteroatoms. The van der Waals surface area contributed by atoms with Gasteiger partial charge in [-0.1, -0.05) is 38.5 Å². The number of esters is 1. The fraction of sp³-hybridized carbons (Fsp3) is 0.825. The Morgan fingerprint density at radius 2 is 1.47 bits per heavy atom. The topological polar surface area (TPSA) is 200 Å². The monoisotopic (exact) mass is 785 g/mol. The minimum atomic E-state index is -1.35. The van der Waals surface area contributed by atoms with Gasteiger partial charge in [0.15, 0.2) is 18.4 Å². The summed E-state index contributed by atoms with van der Waals surface area (Å²) < 4.78 is 41.9. The van der Waals surface area contributed by atoms with E-state index in [1.54, 1.807) is 59.7 Å². The summed E-state index contributed by atoms with van der Waals surface area (Å²) in [7, 11) is 6.37. The molecule has 0 amide bonds. The van der Waals surface area contributed by atoms with Crippen molar-refractivity contribution < 1.29 is 68.0 Å². The Labute approximate surface area is 326 Å². The van der Waals surface area contributed by atoms with Crippen LogP contribution in [0.25, 0.3) is 0 Å². The first-order chi connectivity index (χ1) is 25.9. The molecule has 3 aliphatic rings. The number of aliphatic hydroxyl groups excluding tert-OH is 4. The zero-order chi connectivity index (χ0) is 41.3. The van der Waals surface area contributed by atoms with Crippen molar-refractivity contribution in [2.75, 3.05) is 34.9 Å². The first-order valence-corrected chi connectivity index (χ1v) is 19.5. The summed E-state index contributed by atoms with van der Waals surface area (Å²) in [5.74, 6) is -4.49. The number of likely N-dealkylation sites (N-methyl/N-ethyl adjacent to an activating group) is 1. The number of methoxy groups -OCH3 is 2. The van der Waals surface area contributed by atoms with E-state index in [0.29, 0.717) is 12.0 Å². The standard InChI is InChI=1S/C40H67NO14/c1-12-29-27(19-51-40-37(50-11)36(49-10)33(46)25(7)53-40)17-20(2)13-14-28(43)21(3)18-26(15-16-42)35(22(4)31(44)23(5)38(48)54-29)55-39-34(47)30(41(8)9)32(45)24(6)52-39/h13-14,16-17,21-27,29-37,39-40,44-47H,12,15,18-19H2,1-11H3/b14-13+,20-17+/t21-,22+,23+,24-,25-,26+,27-,29-,30+,31+,32-,33-,34-,35-,36-,37-,39+,40-/m1/s1. The molecular weight excluding hydrogens is 718 g/mol. The molecule has 0 unspecified atom stereocenters. The lowest BCUT2D eigenvalue weighted by molar-refractivity contribution is -0.304. The Kier molecular flexibility index (Phi) is 18.5. The number of cyclic esters (lactones) is 1. The second-order valence-corrected chi connectivity index (χ2v) is 15.8. The van der Waals surface area contributed by atoms with Crippen molar-refractivity contribution in [1.29, 1.82) is 0 Å². The summed E-state index contributed by atoms with van der Waals surface area (Å²) >= 11 is 0. The zero-order valence-corrected chi connectivity index (χ0v) is 34.3. The summed E-state index contributed by atoms with van der Waals surface area (Å²) in [4.78, 5) is 41.2. The number of hydrogen-bond acceptors (Lipinski definition) is 15. The van der Waals surface area contributed by atoms with Gasteiger partial charge < -0.3 is 63.3 Å². The van der Waals surface area contributed by atoms with E-state index in [9.17, 15) is 34.8 Å². The summed E-state index contributed by atoms with van der Waals surface area (Å²) in [5, 5.41) is 44.6. The van der Waals surface area contributed by atoms with Crippen LogP contribution in [-0.4, -0.2) is 158 Å². The van der Waals surface area contributed by atoms with E-state index in [1.807, 2.05) is 19.9 Å². The molecule has 0 aromatic carbocycles. The average molecular weight is 786 g/mol. The highest BCUT2D eigenvalue weighted by Gasteiger charge is 2.48. The number of ketones is 1. The molecule has 0 aliphatic carbocycles. The average Bonchev–Trinajstić information content (AvgIpc) is 3.14. The third-order valence-corrected chi connectivity index (χ3v) is 11.5. The van der Waals surface area contributed by atoms with Gasteiger partial charge in [0, 0.05) is 38.4 Å². The molecule has 2 fully saturated rings. The highest BCUT2D eigenvalue weighted by Crippen LogP contribution is 2.35. The van der Waals surface area contributed by atoms with Crippen LogP contribution in [-0.2, 0) is 47.5 Å². The van der Waals surface area contributed by atoms with E-state index < -0.39 is 115 Å². The zero-order valence-electron chi connectivity index (χ0n) is 34.3. The second-order valence-electron chi connectivity index (χ2n) is 15.8. The number of allylic oxidation sites excluding steroid dienone is 3. The summed E-state index contributed by atoms with van der Waals surface area (Å²) in [5.41, 5.74) is 0.699.